The molecule has 1 aromatic carbocycles. The van der Waals surface area contributed by atoms with Crippen molar-refractivity contribution in [2.75, 3.05) is 0 Å². The summed E-state index contributed by atoms with van der Waals surface area (Å²) in [5, 5.41) is 2.90. The number of hydrazine groups is 1. The van der Waals surface area contributed by atoms with Crippen molar-refractivity contribution in [1.29, 1.82) is 0 Å². The molecule has 2 amide bonds. The van der Waals surface area contributed by atoms with Crippen LogP contribution in [0.4, 0.5) is 0 Å². The number of pyridine rings is 1. The van der Waals surface area contributed by atoms with E-state index < -0.39 is 11.8 Å². The van der Waals surface area contributed by atoms with Crippen LogP contribution in [0.5, 0.6) is 0 Å². The minimum Gasteiger partial charge on any atom is -0.298 e. The van der Waals surface area contributed by atoms with Gasteiger partial charge >= 0.3 is 0 Å². The first kappa shape index (κ1) is 17.6. The lowest BCUT2D eigenvalue weighted by atomic mass is 10.2. The molecule has 24 heavy (non-hydrogen) atoms. The Morgan fingerprint density at radius 2 is 1.79 bits per heavy atom. The number of hydrogen-bond acceptors (Lipinski definition) is 4. The van der Waals surface area contributed by atoms with E-state index in [0.29, 0.717) is 16.1 Å². The summed E-state index contributed by atoms with van der Waals surface area (Å²) in [6, 6.07) is 10.2. The van der Waals surface area contributed by atoms with Gasteiger partial charge in [0.05, 0.1) is 0 Å². The quantitative estimate of drug-likeness (QED) is 0.443. The molecule has 2 rings (SSSR count). The summed E-state index contributed by atoms with van der Waals surface area (Å²) >= 11 is 10.9. The zero-order valence-electron chi connectivity index (χ0n) is 12.3. The highest BCUT2D eigenvalue weighted by Gasteiger charge is 2.06. The fraction of sp³-hybridized carbons (Fsp3) is 0. The van der Waals surface area contributed by atoms with Crippen LogP contribution in [0.2, 0.25) is 5.02 Å². The van der Waals surface area contributed by atoms with Crippen molar-refractivity contribution < 1.29 is 9.59 Å². The molecule has 1 aromatic heterocycles. The molecule has 0 fully saturated rings. The summed E-state index contributed by atoms with van der Waals surface area (Å²) in [7, 11) is 0. The number of aromatic nitrogens is 1. The van der Waals surface area contributed by atoms with E-state index in [1.165, 1.54) is 18.5 Å². The molecule has 0 unspecified atom stereocenters. The average molecular weight is 361 g/mol. The minimum absolute atomic E-state index is 0.0359. The lowest BCUT2D eigenvalue weighted by Crippen LogP contribution is -2.48. The molecule has 122 valence electrons. The van der Waals surface area contributed by atoms with Gasteiger partial charge in [0.15, 0.2) is 5.11 Å². The molecule has 0 aliphatic rings. The molecule has 0 saturated carbocycles. The third-order valence-corrected chi connectivity index (χ3v) is 3.34. The first-order chi connectivity index (χ1) is 11.6. The van der Waals surface area contributed by atoms with E-state index in [1.807, 2.05) is 6.07 Å². The first-order valence-electron chi connectivity index (χ1n) is 6.80. The van der Waals surface area contributed by atoms with Gasteiger partial charge in [0.1, 0.15) is 0 Å². The highest BCUT2D eigenvalue weighted by molar-refractivity contribution is 7.80. The van der Waals surface area contributed by atoms with E-state index in [-0.39, 0.29) is 5.11 Å². The Balaban J connectivity index is 1.81. The van der Waals surface area contributed by atoms with Gasteiger partial charge in [-0.1, -0.05) is 29.8 Å². The Labute approximate surface area is 148 Å². The summed E-state index contributed by atoms with van der Waals surface area (Å²) in [6.45, 7) is 0. The molecule has 0 saturated heterocycles. The predicted octanol–water partition coefficient (Wildman–Crippen LogP) is 2.08. The Morgan fingerprint density at radius 1 is 1.08 bits per heavy atom. The van der Waals surface area contributed by atoms with Gasteiger partial charge in [-0.2, -0.15) is 0 Å². The zero-order chi connectivity index (χ0) is 17.4. The van der Waals surface area contributed by atoms with Crippen molar-refractivity contribution in [3.05, 3.63) is 71.0 Å². The van der Waals surface area contributed by atoms with Crippen LogP contribution in [-0.4, -0.2) is 21.9 Å². The molecule has 0 spiro atoms. The van der Waals surface area contributed by atoms with Crippen LogP contribution in [0.1, 0.15) is 15.9 Å². The topological polar surface area (TPSA) is 83.1 Å². The van der Waals surface area contributed by atoms with Crippen LogP contribution < -0.4 is 16.2 Å². The lowest BCUT2D eigenvalue weighted by Gasteiger charge is -2.09. The molecule has 6 nitrogen and oxygen atoms in total. The Hall–Kier alpha value is -2.77. The van der Waals surface area contributed by atoms with E-state index >= 15 is 0 Å². The maximum atomic E-state index is 11.8. The van der Waals surface area contributed by atoms with Crippen molar-refractivity contribution in [1.82, 2.24) is 21.2 Å². The highest BCUT2D eigenvalue weighted by atomic mass is 35.5. The summed E-state index contributed by atoms with van der Waals surface area (Å²) < 4.78 is 0. The number of halogens is 1. The lowest BCUT2D eigenvalue weighted by molar-refractivity contribution is -0.115. The number of hydrogen-bond donors (Lipinski definition) is 3. The van der Waals surface area contributed by atoms with Gasteiger partial charge < -0.3 is 0 Å². The van der Waals surface area contributed by atoms with Crippen LogP contribution in [0.3, 0.4) is 0 Å². The van der Waals surface area contributed by atoms with Crippen LogP contribution in [0.15, 0.2) is 54.9 Å². The molecular formula is C16H13ClN4O2S. The van der Waals surface area contributed by atoms with Gasteiger partial charge in [-0.3, -0.25) is 30.7 Å². The van der Waals surface area contributed by atoms with Gasteiger partial charge in [-0.15, -0.1) is 0 Å². The minimum atomic E-state index is -0.453. The van der Waals surface area contributed by atoms with E-state index in [9.17, 15) is 9.59 Å². The summed E-state index contributed by atoms with van der Waals surface area (Å²) in [4.78, 5) is 27.4. The van der Waals surface area contributed by atoms with E-state index in [0.717, 1.165) is 0 Å². The van der Waals surface area contributed by atoms with Crippen LogP contribution in [-0.2, 0) is 4.79 Å². The van der Waals surface area contributed by atoms with Gasteiger partial charge in [-0.05, 0) is 42.1 Å². The van der Waals surface area contributed by atoms with E-state index in [4.69, 9.17) is 23.8 Å². The molecular weight excluding hydrogens is 348 g/mol. The predicted molar refractivity (Wildman–Crippen MR) is 96.1 cm³/mol. The molecule has 0 aliphatic heterocycles. The number of carbonyl (C=O) groups is 2. The van der Waals surface area contributed by atoms with Gasteiger partial charge in [-0.25, -0.2) is 0 Å². The second-order valence-corrected chi connectivity index (χ2v) is 5.30. The van der Waals surface area contributed by atoms with Crippen molar-refractivity contribution in [2.24, 2.45) is 0 Å². The normalized spacial score (nSPS) is 10.2. The molecule has 0 radical (unpaired) electrons. The number of nitrogens with zero attached hydrogens (tertiary/aromatic N) is 1. The fourth-order valence-corrected chi connectivity index (χ4v) is 2.00. The Kier molecular flexibility index (Phi) is 6.41. The summed E-state index contributed by atoms with van der Waals surface area (Å²) in [5.41, 5.74) is 5.93. The summed E-state index contributed by atoms with van der Waals surface area (Å²) in [5.74, 6) is -0.855. The maximum absolute atomic E-state index is 11.8. The van der Waals surface area contributed by atoms with Crippen LogP contribution in [0.25, 0.3) is 6.08 Å². The first-order valence-corrected chi connectivity index (χ1v) is 7.59. The number of thiocarbonyl (C=S) groups is 1. The third-order valence-electron chi connectivity index (χ3n) is 2.79. The average Bonchev–Trinajstić information content (AvgIpc) is 2.59. The smallest absolute Gasteiger partial charge is 0.269 e. The van der Waals surface area contributed by atoms with Gasteiger partial charge in [0.25, 0.3) is 5.91 Å². The molecule has 0 atom stereocenters. The van der Waals surface area contributed by atoms with E-state index in [1.54, 1.807) is 36.4 Å². The van der Waals surface area contributed by atoms with Gasteiger partial charge in [0.2, 0.25) is 5.91 Å². The van der Waals surface area contributed by atoms with Crippen LogP contribution >= 0.6 is 23.8 Å². The SMILES string of the molecule is O=C(/C=C/c1ccccc1Cl)NC(=S)NNC(=O)c1ccncc1. The van der Waals surface area contributed by atoms with Crippen molar-refractivity contribution in [2.45, 2.75) is 0 Å². The van der Waals surface area contributed by atoms with Crippen molar-refractivity contribution in [3.63, 3.8) is 0 Å². The molecule has 8 heteroatoms. The number of benzene rings is 1. The fourth-order valence-electron chi connectivity index (χ4n) is 1.65. The number of carbonyl (C=O) groups excluding carboxylic acids is 2. The zero-order valence-corrected chi connectivity index (χ0v) is 13.9. The Bertz CT molecular complexity index is 781. The second-order valence-electron chi connectivity index (χ2n) is 4.49. The van der Waals surface area contributed by atoms with Crippen LogP contribution in [0, 0.1) is 0 Å². The highest BCUT2D eigenvalue weighted by Crippen LogP contribution is 2.15. The second kappa shape index (κ2) is 8.76. The van der Waals surface area contributed by atoms with Crippen molar-refractivity contribution in [3.8, 4) is 0 Å². The molecule has 3 N–H and O–H groups in total. The van der Waals surface area contributed by atoms with E-state index in [2.05, 4.69) is 21.2 Å². The standard InChI is InChI=1S/C16H13ClN4O2S/c17-13-4-2-1-3-11(13)5-6-14(22)19-16(24)21-20-15(23)12-7-9-18-10-8-12/h1-10H,(H,20,23)(H2,19,21,22,24)/b6-5+. The summed E-state index contributed by atoms with van der Waals surface area (Å²) in [6.07, 6.45) is 5.85. The third kappa shape index (κ3) is 5.45. The number of rotatable bonds is 3. The number of amides is 2. The molecule has 0 aliphatic carbocycles. The maximum Gasteiger partial charge on any atom is 0.269 e. The molecule has 0 bridgehead atoms. The van der Waals surface area contributed by atoms with Gasteiger partial charge in [0, 0.05) is 29.1 Å². The molecule has 2 aromatic rings. The largest absolute Gasteiger partial charge is 0.298 e. The number of nitrogens with one attached hydrogen (secondary N) is 3. The molecule has 1 heterocycles. The Morgan fingerprint density at radius 3 is 2.50 bits per heavy atom. The van der Waals surface area contributed by atoms with Crippen molar-refractivity contribution >= 4 is 46.8 Å². The monoisotopic (exact) mass is 360 g/mol.